The van der Waals surface area contributed by atoms with Crippen LogP contribution in [0.15, 0.2) is 522 Å². The largest absolute Gasteiger partial charge is 0.309 e. The number of hydrogen-bond donors (Lipinski definition) is 0. The summed E-state index contributed by atoms with van der Waals surface area (Å²) in [5.41, 5.74) is 32.5. The Kier molecular flexibility index (Phi) is 19.7. The summed E-state index contributed by atoms with van der Waals surface area (Å²) < 4.78 is 14.2. The first-order chi connectivity index (χ1) is 74.4. The van der Waals surface area contributed by atoms with Crippen LogP contribution in [0.4, 0.5) is 0 Å². The van der Waals surface area contributed by atoms with Crippen LogP contribution in [-0.2, 0) is 0 Å². The first kappa shape index (κ1) is 85.3. The number of aromatic nitrogens is 12. The Labute approximate surface area is 859 Å². The quantitative estimate of drug-likeness (QED) is 0.119. The van der Waals surface area contributed by atoms with Gasteiger partial charge in [0.05, 0.1) is 99.3 Å². The molecule has 0 aliphatic heterocycles. The highest BCUT2D eigenvalue weighted by atomic mass is 15.1. The number of hydrogen-bond acceptors (Lipinski definition) is 6. The van der Waals surface area contributed by atoms with Crippen LogP contribution in [0.25, 0.3) is 287 Å². The van der Waals surface area contributed by atoms with Crippen LogP contribution in [0, 0.1) is 0 Å². The van der Waals surface area contributed by atoms with Gasteiger partial charge in [-0.05, 0) is 200 Å². The monoisotopic (exact) mass is 1910 g/mol. The second kappa shape index (κ2) is 34.7. The summed E-state index contributed by atoms with van der Waals surface area (Å²) in [6.45, 7) is 0. The third-order valence-electron chi connectivity index (χ3n) is 30.2. The van der Waals surface area contributed by atoms with E-state index < -0.39 is 0 Å². The van der Waals surface area contributed by atoms with Crippen molar-refractivity contribution in [2.45, 2.75) is 0 Å². The van der Waals surface area contributed by atoms with Crippen molar-refractivity contribution in [3.63, 3.8) is 0 Å². The van der Waals surface area contributed by atoms with Gasteiger partial charge in [0.25, 0.3) is 0 Å². The van der Waals surface area contributed by atoms with Crippen molar-refractivity contribution in [2.75, 3.05) is 0 Å². The van der Waals surface area contributed by atoms with E-state index in [1.807, 2.05) is 48.5 Å². The molecule has 0 aliphatic rings. The van der Waals surface area contributed by atoms with Gasteiger partial charge in [-0.15, -0.1) is 0 Å². The minimum Gasteiger partial charge on any atom is -0.309 e. The van der Waals surface area contributed by atoms with Gasteiger partial charge in [0, 0.05) is 98.4 Å². The zero-order valence-corrected chi connectivity index (χ0v) is 81.0. The van der Waals surface area contributed by atoms with Gasteiger partial charge in [-0.3, -0.25) is 13.7 Å². The van der Waals surface area contributed by atoms with Crippen molar-refractivity contribution in [1.29, 1.82) is 0 Å². The summed E-state index contributed by atoms with van der Waals surface area (Å²) in [4.78, 5) is 32.2. The molecule has 12 heteroatoms. The molecule has 0 radical (unpaired) electrons. The smallest absolute Gasteiger partial charge is 0.165 e. The van der Waals surface area contributed by atoms with Gasteiger partial charge in [0.1, 0.15) is 17.1 Å². The van der Waals surface area contributed by atoms with Crippen molar-refractivity contribution >= 4 is 196 Å². The van der Waals surface area contributed by atoms with Gasteiger partial charge in [-0.1, -0.05) is 376 Å². The third-order valence-corrected chi connectivity index (χ3v) is 30.2. The summed E-state index contributed by atoms with van der Waals surface area (Å²) in [5.74, 6) is 2.46. The summed E-state index contributed by atoms with van der Waals surface area (Å²) in [5, 5.41) is 22.0. The van der Waals surface area contributed by atoms with Gasteiger partial charge in [-0.2, -0.15) is 0 Å². The Bertz CT molecular complexity index is 11100. The number of benzene rings is 23. The van der Waals surface area contributed by atoms with Crippen molar-refractivity contribution in [2.24, 2.45) is 0 Å². The topological polar surface area (TPSA) is 107 Å². The van der Waals surface area contributed by atoms with Crippen LogP contribution in [0.3, 0.4) is 0 Å². The lowest BCUT2D eigenvalue weighted by molar-refractivity contribution is 1.08. The van der Waals surface area contributed by atoms with Gasteiger partial charge in [0.2, 0.25) is 0 Å². The first-order valence-electron chi connectivity index (χ1n) is 51.0. The fourth-order valence-corrected chi connectivity index (χ4v) is 23.5. The maximum absolute atomic E-state index is 5.47. The number of para-hydroxylation sites is 10. The molecule has 0 fully saturated rings. The van der Waals surface area contributed by atoms with Crippen molar-refractivity contribution in [1.82, 2.24) is 57.3 Å². The lowest BCUT2D eigenvalue weighted by atomic mass is 9.94. The van der Waals surface area contributed by atoms with E-state index in [4.69, 9.17) is 29.9 Å². The highest BCUT2D eigenvalue weighted by Crippen LogP contribution is 2.49. The van der Waals surface area contributed by atoms with Crippen molar-refractivity contribution in [3.8, 4) is 90.5 Å². The Morgan fingerprint density at radius 2 is 0.327 bits per heavy atom. The van der Waals surface area contributed by atoms with Crippen molar-refractivity contribution in [3.05, 3.63) is 522 Å². The minimum absolute atomic E-state index is 0.816. The molecule has 12 nitrogen and oxygen atoms in total. The molecule has 9 heterocycles. The minimum atomic E-state index is 0.816. The molecular formula is C138H86N12. The lowest BCUT2D eigenvalue weighted by Crippen LogP contribution is -2.04. The SMILES string of the molecule is c1ccc(-c2ccc3nc(-c4ccccc4)c(-n4c5ccccc5c5cc6c(cc54)c4ccccc4n6-c4ccccc4)nc3c2)cc1.c1ccc(-c2ccc3nc(-n4c5ccccc5c5cc6c(cc54)c4ccccc4n6-c4ccccc4)c(-c4ccccc4)nc3c2)cc1.c1ccc(-c2nc3ccccc3nc2-n2c3ccccc3c3cc4c(cc32)c2ccccc2n4-c2ccc3c4ccccc4c4ccccc4c3c2)cc1. The van der Waals surface area contributed by atoms with Gasteiger partial charge in [0.15, 0.2) is 17.5 Å². The second-order valence-corrected chi connectivity index (χ2v) is 38.7. The Morgan fingerprint density at radius 3 is 0.660 bits per heavy atom. The number of nitrogens with zero attached hydrogens (tertiary/aromatic N) is 12. The van der Waals surface area contributed by atoms with Crippen LogP contribution < -0.4 is 0 Å². The Balaban J connectivity index is 0.000000104. The van der Waals surface area contributed by atoms with E-state index >= 15 is 0 Å². The molecule has 0 spiro atoms. The lowest BCUT2D eigenvalue weighted by Gasteiger charge is -2.14. The van der Waals surface area contributed by atoms with Gasteiger partial charge < -0.3 is 13.7 Å². The normalized spacial score (nSPS) is 11.9. The third kappa shape index (κ3) is 13.8. The molecule has 32 aromatic rings. The predicted octanol–water partition coefficient (Wildman–Crippen LogP) is 35.3. The molecule has 150 heavy (non-hydrogen) atoms. The zero-order chi connectivity index (χ0) is 98.5. The highest BCUT2D eigenvalue weighted by molar-refractivity contribution is 6.27. The molecule has 0 amide bonds. The highest BCUT2D eigenvalue weighted by Gasteiger charge is 2.29. The molecule has 0 saturated carbocycles. The molecule has 0 N–H and O–H groups in total. The fraction of sp³-hybridized carbons (Fsp3) is 0. The van der Waals surface area contributed by atoms with Gasteiger partial charge >= 0.3 is 0 Å². The van der Waals surface area contributed by atoms with Crippen LogP contribution in [0.5, 0.6) is 0 Å². The molecule has 0 saturated heterocycles. The molecule has 698 valence electrons. The zero-order valence-electron chi connectivity index (χ0n) is 81.0. The van der Waals surface area contributed by atoms with Crippen LogP contribution >= 0.6 is 0 Å². The van der Waals surface area contributed by atoms with E-state index in [0.717, 1.165) is 157 Å². The summed E-state index contributed by atoms with van der Waals surface area (Å²) in [6.07, 6.45) is 0. The maximum Gasteiger partial charge on any atom is 0.165 e. The molecular weight excluding hydrogens is 1830 g/mol. The average molecular weight is 1910 g/mol. The molecule has 9 aromatic heterocycles. The van der Waals surface area contributed by atoms with Crippen LogP contribution in [0.2, 0.25) is 0 Å². The molecule has 0 bridgehead atoms. The predicted molar refractivity (Wildman–Crippen MR) is 624 cm³/mol. The molecule has 0 atom stereocenters. The summed E-state index contributed by atoms with van der Waals surface area (Å²) in [6, 6.07) is 185. The number of rotatable bonds is 11. The van der Waals surface area contributed by atoms with E-state index in [-0.39, 0.29) is 0 Å². The fourth-order valence-electron chi connectivity index (χ4n) is 23.5. The Morgan fingerprint density at radius 1 is 0.107 bits per heavy atom. The molecule has 0 unspecified atom stereocenters. The summed E-state index contributed by atoms with van der Waals surface area (Å²) in [7, 11) is 0. The maximum atomic E-state index is 5.47. The van der Waals surface area contributed by atoms with E-state index in [1.165, 1.54) is 130 Å². The molecule has 0 aliphatic carbocycles. The average Bonchev–Trinajstić information content (AvgIpc) is 1.54. The molecule has 32 rings (SSSR count). The van der Waals surface area contributed by atoms with Crippen LogP contribution in [0.1, 0.15) is 0 Å². The standard InChI is InChI=1S/C50H30N4.2C44H28N4/c1-2-14-31(15-3-1)49-50(52-44-23-11-10-22-43(44)51-49)54-46-25-13-9-21-39(46)42-29-47-41(30-48(42)54)38-20-8-12-24-45(38)53(47)32-26-27-37-35-18-5-4-16-33(35)34-17-6-7-19-36(34)40(37)28-32;1-4-14-29(15-5-1)31-24-25-37-38(26-31)45-43(30-16-6-2-7-17-30)44(46-37)48-40-23-13-11-21-34(40)36-27-41-35(28-42(36)48)33-20-10-12-22-39(33)47(41)32-18-8-3-9-19-32;1-4-14-29(15-5-1)31-24-25-37-38(26-31)46-44(43(45-37)30-16-6-2-7-17-30)48-40-23-13-11-21-34(40)36-27-41-35(28-42(36)48)33-20-10-12-22-39(33)47(41)32-18-8-3-9-19-32/h1-30H;2*1-28H. The molecule has 23 aromatic carbocycles. The van der Waals surface area contributed by atoms with Crippen LogP contribution in [-0.4, -0.2) is 57.3 Å². The summed E-state index contributed by atoms with van der Waals surface area (Å²) >= 11 is 0. The van der Waals surface area contributed by atoms with Gasteiger partial charge in [-0.25, -0.2) is 29.9 Å². The van der Waals surface area contributed by atoms with E-state index in [9.17, 15) is 0 Å². The first-order valence-corrected chi connectivity index (χ1v) is 51.0. The number of fused-ring (bicyclic) bond motifs is 27. The van der Waals surface area contributed by atoms with E-state index in [2.05, 4.69) is 501 Å². The second-order valence-electron chi connectivity index (χ2n) is 38.7. The van der Waals surface area contributed by atoms with E-state index in [1.54, 1.807) is 0 Å². The van der Waals surface area contributed by atoms with Crippen molar-refractivity contribution < 1.29 is 0 Å². The Hall–Kier alpha value is -20.3. The van der Waals surface area contributed by atoms with E-state index in [0.29, 0.717) is 0 Å².